The quantitative estimate of drug-likeness (QED) is 0.866. The van der Waals surface area contributed by atoms with E-state index in [2.05, 4.69) is 0 Å². The first-order valence-electron chi connectivity index (χ1n) is 5.62. The zero-order chi connectivity index (χ0) is 12.6. The number of benzene rings is 1. The average molecular weight is 244 g/mol. The third-order valence-corrected chi connectivity index (χ3v) is 3.31. The number of nitrogens with two attached hydrogens (primary N) is 1. The van der Waals surface area contributed by atoms with Gasteiger partial charge < -0.3 is 5.73 Å². The van der Waals surface area contributed by atoms with Gasteiger partial charge in [0.1, 0.15) is 0 Å². The maximum atomic E-state index is 12.9. The number of halogens is 3. The normalized spacial score (nSPS) is 20.6. The molecule has 1 aliphatic rings. The highest BCUT2D eigenvalue weighted by atomic mass is 19.4. The molecule has 0 aliphatic carbocycles. The van der Waals surface area contributed by atoms with Crippen LogP contribution in [0.2, 0.25) is 0 Å². The van der Waals surface area contributed by atoms with Crippen molar-refractivity contribution in [3.8, 4) is 0 Å². The van der Waals surface area contributed by atoms with Crippen LogP contribution >= 0.6 is 0 Å². The number of hydrogen-bond acceptors (Lipinski definition) is 2. The third-order valence-electron chi connectivity index (χ3n) is 3.31. The van der Waals surface area contributed by atoms with E-state index in [-0.39, 0.29) is 6.04 Å². The van der Waals surface area contributed by atoms with Crippen LogP contribution in [0, 0.1) is 0 Å². The molecule has 2 rings (SSSR count). The zero-order valence-electron chi connectivity index (χ0n) is 9.59. The molecule has 1 atom stereocenters. The molecule has 2 N–H and O–H groups in total. The molecule has 0 spiro atoms. The summed E-state index contributed by atoms with van der Waals surface area (Å²) in [5.41, 5.74) is 6.24. The van der Waals surface area contributed by atoms with E-state index in [4.69, 9.17) is 5.73 Å². The van der Waals surface area contributed by atoms with Crippen LogP contribution in [0.4, 0.5) is 13.2 Å². The van der Waals surface area contributed by atoms with Gasteiger partial charge in [-0.15, -0.1) is 0 Å². The topological polar surface area (TPSA) is 29.3 Å². The van der Waals surface area contributed by atoms with Gasteiger partial charge in [-0.1, -0.05) is 19.1 Å². The summed E-state index contributed by atoms with van der Waals surface area (Å²) in [5.74, 6) is 0. The smallest absolute Gasteiger partial charge is 0.329 e. The summed E-state index contributed by atoms with van der Waals surface area (Å²) in [6.07, 6.45) is -4.28. The first kappa shape index (κ1) is 12.4. The van der Waals surface area contributed by atoms with E-state index in [0.717, 1.165) is 11.6 Å². The summed E-state index contributed by atoms with van der Waals surface area (Å²) in [4.78, 5) is 1.97. The fourth-order valence-corrected chi connectivity index (χ4v) is 2.48. The molecule has 0 saturated carbocycles. The Bertz CT molecular complexity index is 415. The molecule has 1 heterocycles. The van der Waals surface area contributed by atoms with Crippen molar-refractivity contribution in [3.05, 3.63) is 34.9 Å². The second kappa shape index (κ2) is 4.31. The molecule has 0 bridgehead atoms. The van der Waals surface area contributed by atoms with E-state index in [1.807, 2.05) is 11.8 Å². The van der Waals surface area contributed by atoms with Crippen molar-refractivity contribution < 1.29 is 13.2 Å². The van der Waals surface area contributed by atoms with Crippen LogP contribution in [0.15, 0.2) is 18.2 Å². The summed E-state index contributed by atoms with van der Waals surface area (Å²) < 4.78 is 38.6. The molecule has 0 amide bonds. The molecular weight excluding hydrogens is 229 g/mol. The van der Waals surface area contributed by atoms with Gasteiger partial charge >= 0.3 is 6.18 Å². The minimum Gasteiger partial charge on any atom is -0.329 e. The van der Waals surface area contributed by atoms with Gasteiger partial charge in [0.2, 0.25) is 0 Å². The SMILES string of the molecule is CCN1Cc2c(cccc2C(F)(F)F)C1CN. The number of hydrogen-bond donors (Lipinski definition) is 1. The molecule has 0 radical (unpaired) electrons. The Morgan fingerprint density at radius 2 is 2.12 bits per heavy atom. The third kappa shape index (κ3) is 2.05. The Morgan fingerprint density at radius 3 is 2.65 bits per heavy atom. The Hall–Kier alpha value is -1.07. The molecule has 1 aromatic rings. The summed E-state index contributed by atoms with van der Waals surface area (Å²) in [6, 6.07) is 4.27. The lowest BCUT2D eigenvalue weighted by Gasteiger charge is -2.21. The molecule has 1 aromatic carbocycles. The Balaban J connectivity index is 2.49. The highest BCUT2D eigenvalue weighted by Gasteiger charge is 2.38. The van der Waals surface area contributed by atoms with Crippen LogP contribution in [-0.2, 0) is 12.7 Å². The molecule has 1 unspecified atom stereocenters. The van der Waals surface area contributed by atoms with Gasteiger partial charge in [0.25, 0.3) is 0 Å². The highest BCUT2D eigenvalue weighted by molar-refractivity contribution is 5.42. The van der Waals surface area contributed by atoms with E-state index >= 15 is 0 Å². The number of rotatable bonds is 2. The lowest BCUT2D eigenvalue weighted by Crippen LogP contribution is -2.27. The maximum Gasteiger partial charge on any atom is 0.416 e. The number of nitrogens with zero attached hydrogens (tertiary/aromatic N) is 1. The van der Waals surface area contributed by atoms with E-state index in [9.17, 15) is 13.2 Å². The maximum absolute atomic E-state index is 12.9. The van der Waals surface area contributed by atoms with Crippen molar-refractivity contribution >= 4 is 0 Å². The predicted octanol–water partition coefficient (Wildman–Crippen LogP) is 2.54. The van der Waals surface area contributed by atoms with Crippen LogP contribution in [0.3, 0.4) is 0 Å². The van der Waals surface area contributed by atoms with E-state index in [1.54, 1.807) is 6.07 Å². The van der Waals surface area contributed by atoms with Crippen molar-refractivity contribution in [2.75, 3.05) is 13.1 Å². The summed E-state index contributed by atoms with van der Waals surface area (Å²) in [5, 5.41) is 0. The van der Waals surface area contributed by atoms with Gasteiger partial charge in [0.05, 0.1) is 5.56 Å². The average Bonchev–Trinajstić information content (AvgIpc) is 2.64. The van der Waals surface area contributed by atoms with E-state index in [1.165, 1.54) is 6.07 Å². The second-order valence-corrected chi connectivity index (χ2v) is 4.19. The minimum absolute atomic E-state index is 0.0858. The van der Waals surface area contributed by atoms with Gasteiger partial charge in [0, 0.05) is 19.1 Å². The van der Waals surface area contributed by atoms with Crippen LogP contribution in [0.5, 0.6) is 0 Å². The lowest BCUT2D eigenvalue weighted by molar-refractivity contribution is -0.138. The number of alkyl halides is 3. The molecular formula is C12H15F3N2. The van der Waals surface area contributed by atoms with Crippen molar-refractivity contribution in [1.29, 1.82) is 0 Å². The van der Waals surface area contributed by atoms with Crippen LogP contribution in [0.1, 0.15) is 29.7 Å². The molecule has 0 fully saturated rings. The van der Waals surface area contributed by atoms with Gasteiger partial charge in [-0.25, -0.2) is 0 Å². The summed E-state index contributed by atoms with van der Waals surface area (Å²) >= 11 is 0. The molecule has 0 saturated heterocycles. The number of fused-ring (bicyclic) bond motifs is 1. The first-order valence-corrected chi connectivity index (χ1v) is 5.62. The predicted molar refractivity (Wildman–Crippen MR) is 59.3 cm³/mol. The monoisotopic (exact) mass is 244 g/mol. The highest BCUT2D eigenvalue weighted by Crippen LogP contribution is 2.40. The number of likely N-dealkylation sites (N-methyl/N-ethyl adjacent to an activating group) is 1. The van der Waals surface area contributed by atoms with Gasteiger partial charge in [-0.2, -0.15) is 13.2 Å². The molecule has 0 aromatic heterocycles. The van der Waals surface area contributed by atoms with Gasteiger partial charge in [0.15, 0.2) is 0 Å². The van der Waals surface area contributed by atoms with E-state index < -0.39 is 11.7 Å². The van der Waals surface area contributed by atoms with Crippen molar-refractivity contribution in [3.63, 3.8) is 0 Å². The molecule has 94 valence electrons. The van der Waals surface area contributed by atoms with Gasteiger partial charge in [-0.3, -0.25) is 4.90 Å². The first-order chi connectivity index (χ1) is 7.99. The summed E-state index contributed by atoms with van der Waals surface area (Å²) in [6.45, 7) is 3.32. The lowest BCUT2D eigenvalue weighted by atomic mass is 9.99. The molecule has 5 heteroatoms. The summed E-state index contributed by atoms with van der Waals surface area (Å²) in [7, 11) is 0. The van der Waals surface area contributed by atoms with Crippen LogP contribution in [-0.4, -0.2) is 18.0 Å². The standard InChI is InChI=1S/C12H15F3N2/c1-2-17-7-9-8(11(17)6-16)4-3-5-10(9)12(13,14)15/h3-5,11H,2,6-7,16H2,1H3. The Kier molecular flexibility index (Phi) is 3.14. The van der Waals surface area contributed by atoms with Crippen molar-refractivity contribution in [1.82, 2.24) is 4.90 Å². The fourth-order valence-electron chi connectivity index (χ4n) is 2.48. The van der Waals surface area contributed by atoms with Crippen molar-refractivity contribution in [2.45, 2.75) is 25.7 Å². The Morgan fingerprint density at radius 1 is 1.41 bits per heavy atom. The van der Waals surface area contributed by atoms with Gasteiger partial charge in [-0.05, 0) is 23.7 Å². The molecule has 2 nitrogen and oxygen atoms in total. The van der Waals surface area contributed by atoms with Crippen molar-refractivity contribution in [2.24, 2.45) is 5.73 Å². The van der Waals surface area contributed by atoms with Crippen LogP contribution in [0.25, 0.3) is 0 Å². The molecule has 1 aliphatic heterocycles. The molecule has 17 heavy (non-hydrogen) atoms. The van der Waals surface area contributed by atoms with Crippen LogP contribution < -0.4 is 5.73 Å². The second-order valence-electron chi connectivity index (χ2n) is 4.19. The fraction of sp³-hybridized carbons (Fsp3) is 0.500. The Labute approximate surface area is 98.2 Å². The minimum atomic E-state index is -4.28. The van der Waals surface area contributed by atoms with E-state index in [0.29, 0.717) is 25.2 Å². The zero-order valence-corrected chi connectivity index (χ0v) is 9.59. The largest absolute Gasteiger partial charge is 0.416 e.